The number of hydrogen-bond donors (Lipinski definition) is 1. The molecule has 0 bridgehead atoms. The van der Waals surface area contributed by atoms with Crippen molar-refractivity contribution in [3.05, 3.63) is 0 Å². The van der Waals surface area contributed by atoms with Crippen LogP contribution in [0.5, 0.6) is 0 Å². The van der Waals surface area contributed by atoms with E-state index in [-0.39, 0.29) is 5.54 Å². The summed E-state index contributed by atoms with van der Waals surface area (Å²) in [4.78, 5) is 2.59. The fourth-order valence-corrected chi connectivity index (χ4v) is 3.44. The summed E-state index contributed by atoms with van der Waals surface area (Å²) in [6.07, 6.45) is 6.49. The van der Waals surface area contributed by atoms with Crippen LogP contribution in [0.15, 0.2) is 0 Å². The molecule has 2 rings (SSSR count). The van der Waals surface area contributed by atoms with Gasteiger partial charge in [0.1, 0.15) is 0 Å². The van der Waals surface area contributed by atoms with Crippen molar-refractivity contribution in [2.75, 3.05) is 33.4 Å². The topological polar surface area (TPSA) is 47.7 Å². The van der Waals surface area contributed by atoms with E-state index in [1.54, 1.807) is 0 Å². The number of rotatable bonds is 3. The van der Waals surface area contributed by atoms with Crippen LogP contribution < -0.4 is 5.73 Å². The molecule has 1 saturated carbocycles. The zero-order valence-corrected chi connectivity index (χ0v) is 11.9. The van der Waals surface area contributed by atoms with Crippen LogP contribution >= 0.6 is 0 Å². The molecule has 0 aromatic carbocycles. The van der Waals surface area contributed by atoms with Crippen molar-refractivity contribution < 1.29 is 9.47 Å². The maximum absolute atomic E-state index is 6.13. The first-order chi connectivity index (χ1) is 8.70. The molecule has 1 aliphatic heterocycles. The molecule has 0 radical (unpaired) electrons. The molecule has 0 aromatic rings. The van der Waals surface area contributed by atoms with Gasteiger partial charge in [0.15, 0.2) is 0 Å². The third kappa shape index (κ3) is 3.05. The Morgan fingerprint density at radius 3 is 2.72 bits per heavy atom. The van der Waals surface area contributed by atoms with Crippen molar-refractivity contribution in [2.45, 2.75) is 56.8 Å². The number of hydrogen-bond acceptors (Lipinski definition) is 4. The van der Waals surface area contributed by atoms with Crippen LogP contribution in [-0.2, 0) is 9.47 Å². The summed E-state index contributed by atoms with van der Waals surface area (Å²) in [5.74, 6) is 0. The van der Waals surface area contributed by atoms with Crippen LogP contribution in [0, 0.1) is 0 Å². The van der Waals surface area contributed by atoms with Crippen molar-refractivity contribution >= 4 is 0 Å². The van der Waals surface area contributed by atoms with E-state index in [0.717, 1.165) is 58.3 Å². The lowest BCUT2D eigenvalue weighted by atomic mass is 9.78. The fraction of sp³-hybridized carbons (Fsp3) is 1.00. The monoisotopic (exact) mass is 256 g/mol. The zero-order chi connectivity index (χ0) is 13.0. The first-order valence-electron chi connectivity index (χ1n) is 7.30. The van der Waals surface area contributed by atoms with E-state index in [4.69, 9.17) is 15.2 Å². The van der Waals surface area contributed by atoms with Gasteiger partial charge in [0, 0.05) is 38.9 Å². The zero-order valence-electron chi connectivity index (χ0n) is 11.9. The molecule has 1 saturated heterocycles. The molecule has 0 aromatic heterocycles. The Kier molecular flexibility index (Phi) is 5.01. The highest BCUT2D eigenvalue weighted by Gasteiger charge is 2.40. The second-order valence-electron chi connectivity index (χ2n) is 5.84. The Morgan fingerprint density at radius 2 is 2.11 bits per heavy atom. The average Bonchev–Trinajstić information content (AvgIpc) is 2.64. The molecule has 2 aliphatic rings. The van der Waals surface area contributed by atoms with Crippen molar-refractivity contribution in [3.63, 3.8) is 0 Å². The molecule has 2 N–H and O–H groups in total. The molecule has 0 spiro atoms. The maximum Gasteiger partial charge on any atom is 0.0674 e. The minimum atomic E-state index is 0.191. The highest BCUT2D eigenvalue weighted by Crippen LogP contribution is 2.35. The molecule has 1 unspecified atom stereocenters. The minimum Gasteiger partial charge on any atom is -0.381 e. The summed E-state index contributed by atoms with van der Waals surface area (Å²) in [6, 6.07) is 0. The van der Waals surface area contributed by atoms with Crippen LogP contribution in [0.2, 0.25) is 0 Å². The van der Waals surface area contributed by atoms with E-state index >= 15 is 0 Å². The highest BCUT2D eigenvalue weighted by molar-refractivity contribution is 4.97. The first kappa shape index (κ1) is 14.3. The Bertz CT molecular complexity index is 252. The molecule has 0 amide bonds. The molecule has 18 heavy (non-hydrogen) atoms. The number of nitrogens with zero attached hydrogens (tertiary/aromatic N) is 1. The lowest BCUT2D eigenvalue weighted by molar-refractivity contribution is -0.0173. The van der Waals surface area contributed by atoms with Gasteiger partial charge in [-0.3, -0.25) is 4.90 Å². The third-order valence-corrected chi connectivity index (χ3v) is 4.70. The quantitative estimate of drug-likeness (QED) is 0.829. The molecule has 106 valence electrons. The van der Waals surface area contributed by atoms with Gasteiger partial charge in [-0.2, -0.15) is 0 Å². The largest absolute Gasteiger partial charge is 0.381 e. The van der Waals surface area contributed by atoms with Gasteiger partial charge in [-0.25, -0.2) is 0 Å². The standard InChI is InChI=1S/C14H28N2O2/c1-12-10-16(8-3-9-18-12)14(11-15)6-4-13(17-2)5-7-14/h12-13H,3-11,15H2,1-2H3. The van der Waals surface area contributed by atoms with E-state index in [9.17, 15) is 0 Å². The van der Waals surface area contributed by atoms with Crippen molar-refractivity contribution in [1.29, 1.82) is 0 Å². The third-order valence-electron chi connectivity index (χ3n) is 4.70. The Labute approximate surface area is 111 Å². The van der Waals surface area contributed by atoms with E-state index in [0.29, 0.717) is 12.2 Å². The predicted molar refractivity (Wildman–Crippen MR) is 72.7 cm³/mol. The van der Waals surface area contributed by atoms with Gasteiger partial charge in [-0.05, 0) is 39.0 Å². The lowest BCUT2D eigenvalue weighted by Crippen LogP contribution is -2.57. The summed E-state index contributed by atoms with van der Waals surface area (Å²) in [5.41, 5.74) is 6.32. The van der Waals surface area contributed by atoms with Crippen LogP contribution in [0.25, 0.3) is 0 Å². The van der Waals surface area contributed by atoms with E-state index in [1.807, 2.05) is 7.11 Å². The van der Waals surface area contributed by atoms with Crippen LogP contribution in [0.1, 0.15) is 39.0 Å². The van der Waals surface area contributed by atoms with Crippen LogP contribution in [0.4, 0.5) is 0 Å². The lowest BCUT2D eigenvalue weighted by Gasteiger charge is -2.47. The van der Waals surface area contributed by atoms with Gasteiger partial charge in [-0.1, -0.05) is 0 Å². The number of methoxy groups -OCH3 is 1. The normalized spacial score (nSPS) is 39.5. The van der Waals surface area contributed by atoms with Gasteiger partial charge in [0.05, 0.1) is 12.2 Å². The van der Waals surface area contributed by atoms with E-state index < -0.39 is 0 Å². The first-order valence-corrected chi connectivity index (χ1v) is 7.30. The summed E-state index contributed by atoms with van der Waals surface area (Å²) in [7, 11) is 1.82. The number of ether oxygens (including phenoxy) is 2. The smallest absolute Gasteiger partial charge is 0.0674 e. The summed E-state index contributed by atoms with van der Waals surface area (Å²) < 4.78 is 11.2. The average molecular weight is 256 g/mol. The van der Waals surface area contributed by atoms with Crippen molar-refractivity contribution in [1.82, 2.24) is 4.90 Å². The van der Waals surface area contributed by atoms with Gasteiger partial charge in [0.25, 0.3) is 0 Å². The molecular formula is C14H28N2O2. The molecule has 1 aliphatic carbocycles. The number of nitrogens with two attached hydrogens (primary N) is 1. The molecule has 1 atom stereocenters. The summed E-state index contributed by atoms with van der Waals surface area (Å²) in [5, 5.41) is 0. The van der Waals surface area contributed by atoms with Gasteiger partial charge in [-0.15, -0.1) is 0 Å². The van der Waals surface area contributed by atoms with Gasteiger partial charge in [0.2, 0.25) is 0 Å². The highest BCUT2D eigenvalue weighted by atomic mass is 16.5. The Morgan fingerprint density at radius 1 is 1.39 bits per heavy atom. The molecule has 2 fully saturated rings. The molecular weight excluding hydrogens is 228 g/mol. The van der Waals surface area contributed by atoms with Gasteiger partial charge >= 0.3 is 0 Å². The van der Waals surface area contributed by atoms with E-state index in [2.05, 4.69) is 11.8 Å². The minimum absolute atomic E-state index is 0.191. The van der Waals surface area contributed by atoms with E-state index in [1.165, 1.54) is 0 Å². The Hall–Kier alpha value is -0.160. The maximum atomic E-state index is 6.13. The van der Waals surface area contributed by atoms with Gasteiger partial charge < -0.3 is 15.2 Å². The summed E-state index contributed by atoms with van der Waals surface area (Å²) in [6.45, 7) is 5.96. The van der Waals surface area contributed by atoms with Crippen LogP contribution in [-0.4, -0.2) is 56.0 Å². The molecule has 1 heterocycles. The summed E-state index contributed by atoms with van der Waals surface area (Å²) >= 11 is 0. The van der Waals surface area contributed by atoms with Crippen LogP contribution in [0.3, 0.4) is 0 Å². The fourth-order valence-electron chi connectivity index (χ4n) is 3.44. The molecule has 4 nitrogen and oxygen atoms in total. The Balaban J connectivity index is 2.02. The SMILES string of the molecule is COC1CCC(CN)(N2CCCOC(C)C2)CC1. The van der Waals surface area contributed by atoms with Crippen molar-refractivity contribution in [2.24, 2.45) is 5.73 Å². The second-order valence-corrected chi connectivity index (χ2v) is 5.84. The second kappa shape index (κ2) is 6.33. The molecule has 4 heteroatoms. The predicted octanol–water partition coefficient (Wildman–Crippen LogP) is 1.38. The van der Waals surface area contributed by atoms with Crippen molar-refractivity contribution in [3.8, 4) is 0 Å².